The van der Waals surface area contributed by atoms with E-state index in [9.17, 15) is 4.79 Å². The van der Waals surface area contributed by atoms with Gasteiger partial charge >= 0.3 is 0 Å². The minimum absolute atomic E-state index is 0.247. The number of ether oxygens (including phenoxy) is 1. The molecule has 0 saturated heterocycles. The first-order valence-corrected chi connectivity index (χ1v) is 7.38. The molecular weight excluding hydrogens is 332 g/mol. The third-order valence-electron chi connectivity index (χ3n) is 3.23. The van der Waals surface area contributed by atoms with Gasteiger partial charge in [0.1, 0.15) is 5.75 Å². The molecule has 5 heteroatoms. The number of halogens is 1. The Morgan fingerprint density at radius 3 is 2.76 bits per heavy atom. The molecule has 0 aliphatic carbocycles. The van der Waals surface area contributed by atoms with Crippen LogP contribution in [0.2, 0.25) is 0 Å². The smallest absolute Gasteiger partial charge is 0.257 e. The van der Waals surface area contributed by atoms with Crippen LogP contribution in [0.25, 0.3) is 0 Å². The number of nitrogens with two attached hydrogens (primary N) is 1. The molecule has 2 rings (SSSR count). The number of amides is 1. The first-order valence-electron chi connectivity index (χ1n) is 6.59. The summed E-state index contributed by atoms with van der Waals surface area (Å²) in [5.74, 6) is 0.248. The molecule has 0 fully saturated rings. The summed E-state index contributed by atoms with van der Waals surface area (Å²) in [6.45, 7) is 2.04. The molecule has 0 saturated carbocycles. The van der Waals surface area contributed by atoms with Crippen LogP contribution >= 0.6 is 15.9 Å². The van der Waals surface area contributed by atoms with E-state index in [-0.39, 0.29) is 5.91 Å². The van der Waals surface area contributed by atoms with Crippen LogP contribution in [-0.4, -0.2) is 13.0 Å². The fourth-order valence-electron chi connectivity index (χ4n) is 2.09. The SMILES string of the molecule is CCc1cc(Br)ccc1NC(=O)c1cccc(OC)c1N. The molecule has 4 nitrogen and oxygen atoms in total. The van der Waals surface area contributed by atoms with E-state index in [1.807, 2.05) is 25.1 Å². The number of anilines is 2. The van der Waals surface area contributed by atoms with Crippen molar-refractivity contribution in [3.05, 3.63) is 52.0 Å². The van der Waals surface area contributed by atoms with Gasteiger partial charge in [0.15, 0.2) is 0 Å². The van der Waals surface area contributed by atoms with Gasteiger partial charge < -0.3 is 15.8 Å². The lowest BCUT2D eigenvalue weighted by atomic mass is 10.1. The van der Waals surface area contributed by atoms with Crippen molar-refractivity contribution in [3.63, 3.8) is 0 Å². The first-order chi connectivity index (χ1) is 10.1. The molecule has 0 spiro atoms. The van der Waals surface area contributed by atoms with Gasteiger partial charge in [-0.15, -0.1) is 0 Å². The number of benzene rings is 2. The number of aryl methyl sites for hydroxylation is 1. The maximum Gasteiger partial charge on any atom is 0.257 e. The Labute approximate surface area is 132 Å². The summed E-state index contributed by atoms with van der Waals surface area (Å²) in [5.41, 5.74) is 8.53. The second-order valence-electron chi connectivity index (χ2n) is 4.53. The van der Waals surface area contributed by atoms with Crippen LogP contribution in [-0.2, 0) is 6.42 Å². The van der Waals surface area contributed by atoms with Crippen molar-refractivity contribution in [1.82, 2.24) is 0 Å². The van der Waals surface area contributed by atoms with Gasteiger partial charge in [-0.05, 0) is 42.3 Å². The Balaban J connectivity index is 2.30. The summed E-state index contributed by atoms with van der Waals surface area (Å²) >= 11 is 3.43. The second kappa shape index (κ2) is 6.63. The van der Waals surface area contributed by atoms with E-state index in [1.54, 1.807) is 18.2 Å². The van der Waals surface area contributed by atoms with E-state index in [2.05, 4.69) is 21.2 Å². The van der Waals surface area contributed by atoms with Gasteiger partial charge in [-0.25, -0.2) is 0 Å². The van der Waals surface area contributed by atoms with E-state index >= 15 is 0 Å². The van der Waals surface area contributed by atoms with Crippen LogP contribution in [0.5, 0.6) is 5.75 Å². The first kappa shape index (κ1) is 15.4. The van der Waals surface area contributed by atoms with Crippen LogP contribution in [0.3, 0.4) is 0 Å². The van der Waals surface area contributed by atoms with Crippen molar-refractivity contribution < 1.29 is 9.53 Å². The normalized spacial score (nSPS) is 10.2. The molecule has 0 atom stereocenters. The van der Waals surface area contributed by atoms with Crippen molar-refractivity contribution >= 4 is 33.2 Å². The maximum absolute atomic E-state index is 12.4. The lowest BCUT2D eigenvalue weighted by Crippen LogP contribution is -2.15. The molecule has 0 heterocycles. The Kier molecular flexibility index (Phi) is 4.85. The van der Waals surface area contributed by atoms with Crippen molar-refractivity contribution in [3.8, 4) is 5.75 Å². The number of hydrogen-bond donors (Lipinski definition) is 2. The molecule has 0 unspecified atom stereocenters. The molecule has 2 aromatic rings. The number of rotatable bonds is 4. The zero-order chi connectivity index (χ0) is 15.4. The molecule has 0 radical (unpaired) electrons. The highest BCUT2D eigenvalue weighted by Crippen LogP contribution is 2.27. The number of carbonyl (C=O) groups is 1. The highest BCUT2D eigenvalue weighted by atomic mass is 79.9. The van der Waals surface area contributed by atoms with Gasteiger partial charge in [0.25, 0.3) is 5.91 Å². The van der Waals surface area contributed by atoms with Crippen molar-refractivity contribution in [2.24, 2.45) is 0 Å². The number of carbonyl (C=O) groups excluding carboxylic acids is 1. The average Bonchev–Trinajstić information content (AvgIpc) is 2.49. The van der Waals surface area contributed by atoms with Gasteiger partial charge in [0.2, 0.25) is 0 Å². The molecular formula is C16H17BrN2O2. The van der Waals surface area contributed by atoms with E-state index in [0.717, 1.165) is 22.1 Å². The third kappa shape index (κ3) is 3.36. The van der Waals surface area contributed by atoms with Gasteiger partial charge in [0, 0.05) is 10.2 Å². The number of para-hydroxylation sites is 1. The van der Waals surface area contributed by atoms with Crippen LogP contribution in [0.15, 0.2) is 40.9 Å². The van der Waals surface area contributed by atoms with Gasteiger partial charge in [0.05, 0.1) is 18.4 Å². The van der Waals surface area contributed by atoms with E-state index in [4.69, 9.17) is 10.5 Å². The zero-order valence-corrected chi connectivity index (χ0v) is 13.5. The predicted octanol–water partition coefficient (Wildman–Crippen LogP) is 3.85. The van der Waals surface area contributed by atoms with Crippen molar-refractivity contribution in [2.45, 2.75) is 13.3 Å². The fraction of sp³-hybridized carbons (Fsp3) is 0.188. The van der Waals surface area contributed by atoms with E-state index in [1.165, 1.54) is 7.11 Å². The number of hydrogen-bond acceptors (Lipinski definition) is 3. The molecule has 3 N–H and O–H groups in total. The minimum atomic E-state index is -0.247. The maximum atomic E-state index is 12.4. The molecule has 0 aromatic heterocycles. The summed E-state index contributed by atoms with van der Waals surface area (Å²) in [7, 11) is 1.53. The number of nitrogen functional groups attached to an aromatic ring is 1. The molecule has 1 amide bonds. The van der Waals surface area contributed by atoms with Gasteiger partial charge in [-0.2, -0.15) is 0 Å². The molecule has 0 aliphatic rings. The number of methoxy groups -OCH3 is 1. The minimum Gasteiger partial charge on any atom is -0.495 e. The molecule has 0 aliphatic heterocycles. The van der Waals surface area contributed by atoms with Crippen LogP contribution in [0, 0.1) is 0 Å². The highest BCUT2D eigenvalue weighted by molar-refractivity contribution is 9.10. The molecule has 0 bridgehead atoms. The molecule has 21 heavy (non-hydrogen) atoms. The average molecular weight is 349 g/mol. The fourth-order valence-corrected chi connectivity index (χ4v) is 2.49. The Bertz CT molecular complexity index is 671. The van der Waals surface area contributed by atoms with Crippen LogP contribution in [0.1, 0.15) is 22.8 Å². The largest absolute Gasteiger partial charge is 0.495 e. The summed E-state index contributed by atoms with van der Waals surface area (Å²) < 4.78 is 6.12. The second-order valence-corrected chi connectivity index (χ2v) is 5.45. The Morgan fingerprint density at radius 2 is 2.10 bits per heavy atom. The van der Waals surface area contributed by atoms with Crippen molar-refractivity contribution in [2.75, 3.05) is 18.2 Å². The monoisotopic (exact) mass is 348 g/mol. The lowest BCUT2D eigenvalue weighted by Gasteiger charge is -2.13. The van der Waals surface area contributed by atoms with Gasteiger partial charge in [-0.1, -0.05) is 28.9 Å². The highest BCUT2D eigenvalue weighted by Gasteiger charge is 2.14. The quantitative estimate of drug-likeness (QED) is 0.824. The van der Waals surface area contributed by atoms with E-state index in [0.29, 0.717) is 17.0 Å². The van der Waals surface area contributed by atoms with Crippen LogP contribution < -0.4 is 15.8 Å². The lowest BCUT2D eigenvalue weighted by molar-refractivity contribution is 0.102. The molecule has 110 valence electrons. The van der Waals surface area contributed by atoms with E-state index < -0.39 is 0 Å². The Morgan fingerprint density at radius 1 is 1.33 bits per heavy atom. The predicted molar refractivity (Wildman–Crippen MR) is 88.9 cm³/mol. The summed E-state index contributed by atoms with van der Waals surface area (Å²) in [6, 6.07) is 10.9. The van der Waals surface area contributed by atoms with Crippen molar-refractivity contribution in [1.29, 1.82) is 0 Å². The van der Waals surface area contributed by atoms with Crippen LogP contribution in [0.4, 0.5) is 11.4 Å². The third-order valence-corrected chi connectivity index (χ3v) is 3.72. The zero-order valence-electron chi connectivity index (χ0n) is 11.9. The summed E-state index contributed by atoms with van der Waals surface area (Å²) in [4.78, 5) is 12.4. The molecule has 2 aromatic carbocycles. The Hall–Kier alpha value is -2.01. The van der Waals surface area contributed by atoms with Gasteiger partial charge in [-0.3, -0.25) is 4.79 Å². The standard InChI is InChI=1S/C16H17BrN2O2/c1-3-10-9-11(17)7-8-13(10)19-16(20)12-5-4-6-14(21-2)15(12)18/h4-9H,3,18H2,1-2H3,(H,19,20). The number of nitrogens with one attached hydrogen (secondary N) is 1. The summed E-state index contributed by atoms with van der Waals surface area (Å²) in [6.07, 6.45) is 0.822. The summed E-state index contributed by atoms with van der Waals surface area (Å²) in [5, 5.41) is 2.90. The topological polar surface area (TPSA) is 64.3 Å².